The van der Waals surface area contributed by atoms with Crippen LogP contribution in [0.25, 0.3) is 0 Å². The molecule has 686 valence electrons. The van der Waals surface area contributed by atoms with Gasteiger partial charge in [-0.15, -0.1) is 0 Å². The number of hydrogen-bond acceptors (Lipinski definition) is 22. The van der Waals surface area contributed by atoms with E-state index in [2.05, 4.69) is 71.5 Å². The van der Waals surface area contributed by atoms with Crippen molar-refractivity contribution in [3.05, 3.63) is 46.6 Å². The lowest BCUT2D eigenvalue weighted by atomic mass is 9.43. The van der Waals surface area contributed by atoms with Crippen molar-refractivity contribution in [2.45, 2.75) is 365 Å². The van der Waals surface area contributed by atoms with Gasteiger partial charge in [0.25, 0.3) is 0 Å². The zero-order chi connectivity index (χ0) is 86.8. The largest absolute Gasteiger partial charge is 0.458 e. The van der Waals surface area contributed by atoms with Crippen LogP contribution >= 0.6 is 0 Å². The van der Waals surface area contributed by atoms with Gasteiger partial charge < -0.3 is 73.6 Å². The summed E-state index contributed by atoms with van der Waals surface area (Å²) in [7, 11) is 5.08. The van der Waals surface area contributed by atoms with Crippen LogP contribution in [0, 0.1) is 138 Å². The van der Waals surface area contributed by atoms with E-state index in [0.717, 1.165) is 201 Å². The number of carbonyl (C=O) groups is 4. The lowest BCUT2D eigenvalue weighted by molar-refractivity contribution is -0.270. The summed E-state index contributed by atoms with van der Waals surface area (Å²) in [5.41, 5.74) is 10.1. The molecule has 0 amide bonds. The number of aliphatic hydroxyl groups excluding tert-OH is 2. The minimum atomic E-state index is -0.856. The molecule has 123 heavy (non-hydrogen) atoms. The maximum atomic E-state index is 12.4. The van der Waals surface area contributed by atoms with Gasteiger partial charge in [0.15, 0.2) is 6.29 Å². The molecule has 8 N–H and O–H groups in total. The van der Waals surface area contributed by atoms with Gasteiger partial charge in [0.2, 0.25) is 0 Å². The fourth-order valence-corrected chi connectivity index (χ4v) is 35.6. The molecule has 35 atom stereocenters. The van der Waals surface area contributed by atoms with E-state index in [0.29, 0.717) is 115 Å². The minimum absolute atomic E-state index is 0.110. The number of carbonyl (C=O) groups excluding carboxylic acids is 4. The molecule has 0 radical (unpaired) electrons. The third-order valence-corrected chi connectivity index (χ3v) is 42.5. The van der Waals surface area contributed by atoms with Crippen LogP contribution in [0.5, 0.6) is 0 Å². The second-order valence-corrected chi connectivity index (χ2v) is 46.4. The Morgan fingerprint density at radius 2 is 0.715 bits per heavy atom. The van der Waals surface area contributed by atoms with Gasteiger partial charge >= 0.3 is 23.9 Å². The molecular weight excluding hydrogens is 1560 g/mol. The van der Waals surface area contributed by atoms with E-state index in [1.165, 1.54) is 69.9 Å². The number of oxime groups is 1. The third kappa shape index (κ3) is 14.3. The summed E-state index contributed by atoms with van der Waals surface area (Å²) in [5, 5.41) is 73.4. The van der Waals surface area contributed by atoms with Crippen LogP contribution in [0.2, 0.25) is 0 Å². The van der Waals surface area contributed by atoms with Gasteiger partial charge in [0, 0.05) is 64.5 Å². The van der Waals surface area contributed by atoms with Crippen molar-refractivity contribution in [3.8, 4) is 0 Å². The summed E-state index contributed by atoms with van der Waals surface area (Å²) >= 11 is 0. The van der Waals surface area contributed by atoms with Crippen LogP contribution in [-0.2, 0) is 62.1 Å². The van der Waals surface area contributed by atoms with Crippen LogP contribution in [0.4, 0.5) is 0 Å². The van der Waals surface area contributed by atoms with E-state index in [-0.39, 0.29) is 86.1 Å². The fourth-order valence-electron chi connectivity index (χ4n) is 35.6. The lowest BCUT2D eigenvalue weighted by Crippen LogP contribution is -2.62. The van der Waals surface area contributed by atoms with Crippen LogP contribution in [0.15, 0.2) is 51.8 Å². The molecule has 0 aromatic carbocycles. The van der Waals surface area contributed by atoms with Gasteiger partial charge in [-0.05, 0) is 377 Å². The van der Waals surface area contributed by atoms with Gasteiger partial charge in [0.05, 0.1) is 60.6 Å². The Balaban J connectivity index is 0.000000112. The highest BCUT2D eigenvalue weighted by Gasteiger charge is 2.73. The molecule has 21 rings (SSSR count). The smallest absolute Gasteiger partial charge is 0.331 e. The van der Waals surface area contributed by atoms with E-state index in [9.17, 15) is 49.8 Å². The van der Waals surface area contributed by atoms with Crippen molar-refractivity contribution in [2.75, 3.05) is 47.8 Å². The Hall–Kier alpha value is -4.17. The molecule has 0 spiro atoms. The highest BCUT2D eigenvalue weighted by molar-refractivity contribution is 5.87. The average molecular weight is 1710 g/mol. The third-order valence-electron chi connectivity index (χ3n) is 42.5. The van der Waals surface area contributed by atoms with Gasteiger partial charge in [-0.1, -0.05) is 60.5 Å². The SMILES string of the molecule is CC1O[C@@H](OC2CC[C@]3(C)C4CC[C@]5(C)[C@@H](C6=CC(=O)OC6)CC[C@]5(O)C4CC[C@@H]3C2)C[C@@H](O)[C@@H]1O.CON=C1CC[C@]2(C)C3CC[C@]4(C)[C@@H](C5=CC(=O)OC5)CC[C@]4(O)C3CC[C@@H]2C1.CON[C@@H]1CC[C@]2(C)C3CC[C@]4(C)[C@@H](C5=CC(=O)OC5)CC[C@]4(O)C3CC[C@@H]2C1.CON[C@H]1CC[C@]2(C)C3CC[C@]4(C)[C@@H](C5=CC(=O)OC5)CC[C@]4(O)C3CC[C@@H]2C1. The highest BCUT2D eigenvalue weighted by atomic mass is 16.7. The highest BCUT2D eigenvalue weighted by Crippen LogP contribution is 2.76. The molecule has 17 fully saturated rings. The van der Waals surface area contributed by atoms with Crippen LogP contribution in [-0.4, -0.2) is 173 Å². The summed E-state index contributed by atoms with van der Waals surface area (Å²) in [6.07, 6.45) is 43.4. The summed E-state index contributed by atoms with van der Waals surface area (Å²) in [4.78, 5) is 62.3. The van der Waals surface area contributed by atoms with E-state index >= 15 is 0 Å². The number of cyclic esters (lactones) is 4. The second kappa shape index (κ2) is 33.0. The average Bonchev–Trinajstić information content (AvgIpc) is 1.59. The normalized spacial score (nSPS) is 52.3. The molecule has 16 aliphatic carbocycles. The molecule has 10 unspecified atom stereocenters. The summed E-state index contributed by atoms with van der Waals surface area (Å²) in [6.45, 7) is 22.6. The summed E-state index contributed by atoms with van der Waals surface area (Å²) in [5.74, 6) is 6.62. The Kier molecular flexibility index (Phi) is 24.0. The molecule has 21 aliphatic rings. The predicted octanol–water partition coefficient (Wildman–Crippen LogP) is 15.3. The number of ether oxygens (including phenoxy) is 6. The first kappa shape index (κ1) is 89.4. The van der Waals surface area contributed by atoms with Crippen LogP contribution in [0.3, 0.4) is 0 Å². The first-order valence-corrected chi connectivity index (χ1v) is 49.2. The zero-order valence-electron chi connectivity index (χ0n) is 76.5. The molecule has 0 bridgehead atoms. The number of esters is 4. The van der Waals surface area contributed by atoms with Gasteiger partial charge in [0.1, 0.15) is 39.6 Å². The molecule has 22 heteroatoms. The van der Waals surface area contributed by atoms with E-state index in [4.69, 9.17) is 42.9 Å². The minimum Gasteiger partial charge on any atom is -0.458 e. The standard InChI is InChI=1S/C29H44O7.2C24H37NO4.C24H35NO4/c1-16-26(32)23(30)14-25(35-16)36-19-6-9-27(2)18(13-19)4-5-22-21(27)7-10-28(3)20(8-11-29(22,28)33)17-12-24(31)34-15-17;3*1-22-9-6-17(25-28-3)13-16(22)4-5-20-19(22)7-10-23(2)18(8-11-24(20,23)27)15-12-21(26)29-14-15/h12,16,18-23,25-26,30,32-33H,4-11,13-15H2,1-3H3;2*12,16-20,25,27H,4-11,13-14H2,1-3H3;12,16,18-20,27H,4-11,13-14H2,1-3H3/t16?,18-,19?,20-,21?,22?,23-,25+,26-,27+,28-,29+;16-,17+,18-,19?,20?,22+,23-,24+;16-,17-,18-,19?,20?,22+,23-,24+;16-,18-,19?,20?,22+,23-,24+/m1111/s1. The first-order chi connectivity index (χ1) is 58.5. The van der Waals surface area contributed by atoms with Crippen molar-refractivity contribution in [2.24, 2.45) is 143 Å². The van der Waals surface area contributed by atoms with E-state index in [1.54, 1.807) is 52.6 Å². The number of rotatable bonds is 11. The topological polar surface area (TPSA) is 309 Å². The second-order valence-electron chi connectivity index (χ2n) is 46.4. The first-order valence-electron chi connectivity index (χ1n) is 49.2. The van der Waals surface area contributed by atoms with E-state index in [1.807, 2.05) is 0 Å². The number of nitrogens with one attached hydrogen (secondary N) is 2. The van der Waals surface area contributed by atoms with E-state index < -0.39 is 47.0 Å². The summed E-state index contributed by atoms with van der Waals surface area (Å²) in [6, 6.07) is 0.934. The Morgan fingerprint density at radius 1 is 0.382 bits per heavy atom. The van der Waals surface area contributed by atoms with Crippen molar-refractivity contribution in [1.29, 1.82) is 0 Å². The fraction of sp³-hybridized carbons (Fsp3) is 0.871. The lowest BCUT2D eigenvalue weighted by Gasteiger charge is -2.63. The molecule has 5 heterocycles. The summed E-state index contributed by atoms with van der Waals surface area (Å²) < 4.78 is 33.1. The number of aliphatic hydroxyl groups is 6. The quantitative estimate of drug-likeness (QED) is 0.0412. The van der Waals surface area contributed by atoms with Crippen LogP contribution < -0.4 is 11.0 Å². The maximum absolute atomic E-state index is 12.4. The Labute approximate surface area is 732 Å². The molecular formula is C101H153N3O19. The number of hydrogen-bond donors (Lipinski definition) is 8. The van der Waals surface area contributed by atoms with Crippen molar-refractivity contribution >= 4 is 29.6 Å². The van der Waals surface area contributed by atoms with Gasteiger partial charge in [-0.25, -0.2) is 19.2 Å². The molecule has 22 nitrogen and oxygen atoms in total. The molecule has 5 aliphatic heterocycles. The number of fused-ring (bicyclic) bond motifs is 20. The predicted molar refractivity (Wildman–Crippen MR) is 461 cm³/mol. The molecule has 0 aromatic rings. The number of hydroxylamine groups is 2. The van der Waals surface area contributed by atoms with Crippen LogP contribution in [0.1, 0.15) is 300 Å². The molecule has 16 saturated carbocycles. The zero-order valence-corrected chi connectivity index (χ0v) is 76.5. The van der Waals surface area contributed by atoms with Crippen molar-refractivity contribution in [3.63, 3.8) is 0 Å². The Morgan fingerprint density at radius 3 is 1.04 bits per heavy atom. The van der Waals surface area contributed by atoms with Gasteiger partial charge in [-0.3, -0.25) is 0 Å². The maximum Gasteiger partial charge on any atom is 0.331 e. The van der Waals surface area contributed by atoms with Crippen molar-refractivity contribution < 1.29 is 92.8 Å². The number of nitrogens with zero attached hydrogens (tertiary/aromatic N) is 1. The van der Waals surface area contributed by atoms with Crippen molar-refractivity contribution in [1.82, 2.24) is 11.0 Å². The van der Waals surface area contributed by atoms with Gasteiger partial charge in [-0.2, -0.15) is 11.0 Å². The monoisotopic (exact) mass is 1710 g/mol. The Bertz CT molecular complexity index is 4030. The molecule has 1 saturated heterocycles. The molecule has 0 aromatic heterocycles.